The minimum Gasteiger partial charge on any atom is -0.393 e. The number of aromatic nitrogens is 1. The van der Waals surface area contributed by atoms with Gasteiger partial charge < -0.3 is 10.0 Å². The number of pyridine rings is 1. The van der Waals surface area contributed by atoms with E-state index in [4.69, 9.17) is 0 Å². The van der Waals surface area contributed by atoms with Crippen LogP contribution in [0.1, 0.15) is 36.7 Å². The summed E-state index contributed by atoms with van der Waals surface area (Å²) in [6.07, 6.45) is 3.91. The Morgan fingerprint density at radius 2 is 2.47 bits per heavy atom. The zero-order valence-electron chi connectivity index (χ0n) is 10.0. The number of hydrogen-bond acceptors (Lipinski definition) is 3. The number of hydrogen-bond donors (Lipinski definition) is 1. The van der Waals surface area contributed by atoms with Gasteiger partial charge >= 0.3 is 0 Å². The third-order valence-corrected chi connectivity index (χ3v) is 3.14. The summed E-state index contributed by atoms with van der Waals surface area (Å²) >= 11 is 0. The number of carbonyl (C=O) groups excluding carboxylic acids is 1. The summed E-state index contributed by atoms with van der Waals surface area (Å²) in [6.45, 7) is 2.54. The van der Waals surface area contributed by atoms with Crippen LogP contribution in [0.5, 0.6) is 0 Å². The third-order valence-electron chi connectivity index (χ3n) is 3.14. The van der Waals surface area contributed by atoms with Crippen molar-refractivity contribution in [2.24, 2.45) is 0 Å². The van der Waals surface area contributed by atoms with Gasteiger partial charge in [0.05, 0.1) is 6.10 Å². The Bertz CT molecular complexity index is 378. The van der Waals surface area contributed by atoms with Gasteiger partial charge in [-0.1, -0.05) is 6.07 Å². The lowest BCUT2D eigenvalue weighted by Crippen LogP contribution is -2.37. The fourth-order valence-corrected chi connectivity index (χ4v) is 2.38. The average molecular weight is 234 g/mol. The van der Waals surface area contributed by atoms with E-state index in [2.05, 4.69) is 4.98 Å². The summed E-state index contributed by atoms with van der Waals surface area (Å²) in [5.74, 6) is -0.0197. The first-order valence-electron chi connectivity index (χ1n) is 6.08. The van der Waals surface area contributed by atoms with Gasteiger partial charge in [0.25, 0.3) is 5.91 Å². The lowest BCUT2D eigenvalue weighted by atomic mass is 10.1. The van der Waals surface area contributed by atoms with Crippen LogP contribution in [-0.4, -0.2) is 39.6 Å². The Morgan fingerprint density at radius 3 is 3.12 bits per heavy atom. The molecule has 0 saturated carbocycles. The molecule has 1 amide bonds. The third kappa shape index (κ3) is 2.82. The van der Waals surface area contributed by atoms with Crippen molar-refractivity contribution in [2.75, 3.05) is 6.54 Å². The van der Waals surface area contributed by atoms with Crippen molar-refractivity contribution < 1.29 is 9.90 Å². The van der Waals surface area contributed by atoms with Crippen LogP contribution in [0.3, 0.4) is 0 Å². The van der Waals surface area contributed by atoms with E-state index in [0.717, 1.165) is 19.4 Å². The molecule has 0 aliphatic carbocycles. The first kappa shape index (κ1) is 12.0. The van der Waals surface area contributed by atoms with Gasteiger partial charge in [0.1, 0.15) is 5.69 Å². The molecule has 0 bridgehead atoms. The van der Waals surface area contributed by atoms with E-state index < -0.39 is 0 Å². The summed E-state index contributed by atoms with van der Waals surface area (Å²) in [5.41, 5.74) is 0.491. The molecule has 2 unspecified atom stereocenters. The highest BCUT2D eigenvalue weighted by Crippen LogP contribution is 2.23. The summed E-state index contributed by atoms with van der Waals surface area (Å²) in [5, 5.41) is 9.43. The van der Waals surface area contributed by atoms with Crippen LogP contribution in [0, 0.1) is 0 Å². The summed E-state index contributed by atoms with van der Waals surface area (Å²) in [6, 6.07) is 5.51. The highest BCUT2D eigenvalue weighted by Gasteiger charge is 2.30. The SMILES string of the molecule is CC(O)CC1CCCN1C(=O)c1ccccn1. The van der Waals surface area contributed by atoms with E-state index in [0.29, 0.717) is 12.1 Å². The van der Waals surface area contributed by atoms with E-state index >= 15 is 0 Å². The second kappa shape index (κ2) is 5.27. The van der Waals surface area contributed by atoms with Crippen LogP contribution in [0.25, 0.3) is 0 Å². The Kier molecular flexibility index (Phi) is 3.74. The van der Waals surface area contributed by atoms with Crippen LogP contribution in [-0.2, 0) is 0 Å². The smallest absolute Gasteiger partial charge is 0.272 e. The van der Waals surface area contributed by atoms with Gasteiger partial charge in [-0.25, -0.2) is 0 Å². The minimum absolute atomic E-state index is 0.0197. The van der Waals surface area contributed by atoms with Crippen molar-refractivity contribution >= 4 is 5.91 Å². The molecule has 92 valence electrons. The van der Waals surface area contributed by atoms with Crippen LogP contribution in [0.2, 0.25) is 0 Å². The molecule has 4 nitrogen and oxygen atoms in total. The summed E-state index contributed by atoms with van der Waals surface area (Å²) in [7, 11) is 0. The molecule has 1 fully saturated rings. The normalized spacial score (nSPS) is 21.5. The predicted octanol–water partition coefficient (Wildman–Crippen LogP) is 1.46. The van der Waals surface area contributed by atoms with Crippen molar-refractivity contribution in [3.8, 4) is 0 Å². The maximum Gasteiger partial charge on any atom is 0.272 e. The van der Waals surface area contributed by atoms with Crippen molar-refractivity contribution in [2.45, 2.75) is 38.3 Å². The molecule has 1 aromatic rings. The molecule has 0 spiro atoms. The molecule has 1 aliphatic heterocycles. The first-order chi connectivity index (χ1) is 8.18. The number of likely N-dealkylation sites (tertiary alicyclic amines) is 1. The first-order valence-corrected chi connectivity index (χ1v) is 6.08. The molecule has 1 aliphatic rings. The van der Waals surface area contributed by atoms with Gasteiger partial charge in [0.15, 0.2) is 0 Å². The molecule has 2 atom stereocenters. The molecule has 0 aromatic carbocycles. The van der Waals surface area contributed by atoms with Crippen molar-refractivity contribution in [3.05, 3.63) is 30.1 Å². The quantitative estimate of drug-likeness (QED) is 0.861. The Hall–Kier alpha value is -1.42. The molecule has 1 N–H and O–H groups in total. The van der Waals surface area contributed by atoms with E-state index in [-0.39, 0.29) is 18.1 Å². The van der Waals surface area contributed by atoms with Crippen LogP contribution >= 0.6 is 0 Å². The number of carbonyl (C=O) groups is 1. The van der Waals surface area contributed by atoms with Crippen molar-refractivity contribution in [3.63, 3.8) is 0 Å². The van der Waals surface area contributed by atoms with Gasteiger partial charge in [-0.3, -0.25) is 9.78 Å². The molecule has 1 aromatic heterocycles. The molecule has 2 rings (SSSR count). The number of nitrogens with zero attached hydrogens (tertiary/aromatic N) is 2. The number of aliphatic hydroxyl groups excluding tert-OH is 1. The van der Waals surface area contributed by atoms with E-state index in [1.165, 1.54) is 0 Å². The molecule has 17 heavy (non-hydrogen) atoms. The van der Waals surface area contributed by atoms with Gasteiger partial charge in [-0.2, -0.15) is 0 Å². The summed E-state index contributed by atoms with van der Waals surface area (Å²) in [4.78, 5) is 18.1. The van der Waals surface area contributed by atoms with E-state index in [9.17, 15) is 9.90 Å². The average Bonchev–Trinajstić information content (AvgIpc) is 2.76. The van der Waals surface area contributed by atoms with E-state index in [1.54, 1.807) is 25.3 Å². The lowest BCUT2D eigenvalue weighted by molar-refractivity contribution is 0.0676. The Balaban J connectivity index is 2.08. The number of rotatable bonds is 3. The molecule has 1 saturated heterocycles. The standard InChI is InChI=1S/C13H18N2O2/c1-10(16)9-11-5-4-8-15(11)13(17)12-6-2-3-7-14-12/h2-3,6-7,10-11,16H,4-5,8-9H2,1H3. The van der Waals surface area contributed by atoms with Gasteiger partial charge in [0.2, 0.25) is 0 Å². The fraction of sp³-hybridized carbons (Fsp3) is 0.538. The predicted molar refractivity (Wildman–Crippen MR) is 64.6 cm³/mol. The largest absolute Gasteiger partial charge is 0.393 e. The molecular weight excluding hydrogens is 216 g/mol. The zero-order valence-corrected chi connectivity index (χ0v) is 10.0. The Morgan fingerprint density at radius 1 is 1.65 bits per heavy atom. The van der Waals surface area contributed by atoms with Gasteiger partial charge in [-0.05, 0) is 38.3 Å². The maximum absolute atomic E-state index is 12.2. The molecule has 4 heteroatoms. The minimum atomic E-state index is -0.364. The lowest BCUT2D eigenvalue weighted by Gasteiger charge is -2.25. The molecule has 0 radical (unpaired) electrons. The maximum atomic E-state index is 12.2. The highest BCUT2D eigenvalue weighted by atomic mass is 16.3. The second-order valence-electron chi connectivity index (χ2n) is 4.59. The highest BCUT2D eigenvalue weighted by molar-refractivity contribution is 5.92. The second-order valence-corrected chi connectivity index (χ2v) is 4.59. The van der Waals surface area contributed by atoms with Crippen LogP contribution in [0.4, 0.5) is 0 Å². The number of aliphatic hydroxyl groups is 1. The summed E-state index contributed by atoms with van der Waals surface area (Å²) < 4.78 is 0. The fourth-order valence-electron chi connectivity index (χ4n) is 2.38. The topological polar surface area (TPSA) is 53.4 Å². The van der Waals surface area contributed by atoms with Crippen molar-refractivity contribution in [1.82, 2.24) is 9.88 Å². The molecule has 2 heterocycles. The van der Waals surface area contributed by atoms with Crippen LogP contribution in [0.15, 0.2) is 24.4 Å². The zero-order chi connectivity index (χ0) is 12.3. The van der Waals surface area contributed by atoms with E-state index in [1.807, 2.05) is 11.0 Å². The number of amides is 1. The van der Waals surface area contributed by atoms with Crippen molar-refractivity contribution in [1.29, 1.82) is 0 Å². The van der Waals surface area contributed by atoms with Crippen LogP contribution < -0.4 is 0 Å². The Labute approximate surface area is 101 Å². The van der Waals surface area contributed by atoms with Gasteiger partial charge in [-0.15, -0.1) is 0 Å². The monoisotopic (exact) mass is 234 g/mol. The molecular formula is C13H18N2O2. The van der Waals surface area contributed by atoms with Gasteiger partial charge in [0, 0.05) is 18.8 Å².